The number of carbonyl (C=O) groups is 1. The smallest absolute Gasteiger partial charge is 0.340 e. The quantitative estimate of drug-likeness (QED) is 0.834. The summed E-state index contributed by atoms with van der Waals surface area (Å²) in [4.78, 5) is 18.7. The standard InChI is InChI=1S/C20H26N2O2/c1-6-22(7-2)19-18(20(23)24)16(12-17(21-19)13(3)4)15-10-8-9-14(5)11-15/h8-13H,6-7H2,1-5H3,(H,23,24). The Kier molecular flexibility index (Phi) is 5.60. The van der Waals surface area contributed by atoms with E-state index in [0.717, 1.165) is 35.5 Å². The van der Waals surface area contributed by atoms with Crippen molar-refractivity contribution in [2.75, 3.05) is 18.0 Å². The predicted molar refractivity (Wildman–Crippen MR) is 99.0 cm³/mol. The van der Waals surface area contributed by atoms with Crippen LogP contribution in [0.1, 0.15) is 55.2 Å². The summed E-state index contributed by atoms with van der Waals surface area (Å²) >= 11 is 0. The molecule has 1 N–H and O–H groups in total. The van der Waals surface area contributed by atoms with E-state index in [1.807, 2.05) is 56.0 Å². The molecule has 0 unspecified atom stereocenters. The first-order valence-corrected chi connectivity index (χ1v) is 8.49. The van der Waals surface area contributed by atoms with Gasteiger partial charge in [-0.2, -0.15) is 0 Å². The van der Waals surface area contributed by atoms with Crippen LogP contribution in [0.15, 0.2) is 30.3 Å². The number of aromatic carboxylic acids is 1. The highest BCUT2D eigenvalue weighted by Gasteiger charge is 2.23. The van der Waals surface area contributed by atoms with Gasteiger partial charge in [0.15, 0.2) is 0 Å². The molecule has 0 aliphatic rings. The fourth-order valence-electron chi connectivity index (χ4n) is 2.85. The zero-order valence-corrected chi connectivity index (χ0v) is 15.1. The molecule has 0 aliphatic carbocycles. The van der Waals surface area contributed by atoms with Crippen LogP contribution in [0.2, 0.25) is 0 Å². The number of hydrogen-bond donors (Lipinski definition) is 1. The van der Waals surface area contributed by atoms with Crippen LogP contribution in [0, 0.1) is 6.92 Å². The topological polar surface area (TPSA) is 53.4 Å². The highest BCUT2D eigenvalue weighted by Crippen LogP contribution is 2.33. The van der Waals surface area contributed by atoms with Crippen molar-refractivity contribution in [2.24, 2.45) is 0 Å². The largest absolute Gasteiger partial charge is 0.478 e. The van der Waals surface area contributed by atoms with Crippen LogP contribution in [-0.4, -0.2) is 29.1 Å². The minimum atomic E-state index is -0.934. The Morgan fingerprint density at radius 3 is 2.38 bits per heavy atom. The Labute approximate surface area is 144 Å². The molecule has 24 heavy (non-hydrogen) atoms. The summed E-state index contributed by atoms with van der Waals surface area (Å²) in [5, 5.41) is 9.88. The van der Waals surface area contributed by atoms with Gasteiger partial charge in [-0.05, 0) is 38.3 Å². The number of carboxylic acid groups (broad SMARTS) is 1. The van der Waals surface area contributed by atoms with Crippen molar-refractivity contribution < 1.29 is 9.90 Å². The summed E-state index contributed by atoms with van der Waals surface area (Å²) in [7, 11) is 0. The van der Waals surface area contributed by atoms with Gasteiger partial charge in [0, 0.05) is 24.3 Å². The maximum Gasteiger partial charge on any atom is 0.340 e. The molecule has 0 bridgehead atoms. The lowest BCUT2D eigenvalue weighted by Gasteiger charge is -2.25. The third kappa shape index (κ3) is 3.58. The lowest BCUT2D eigenvalue weighted by molar-refractivity contribution is 0.0698. The minimum absolute atomic E-state index is 0.228. The van der Waals surface area contributed by atoms with Crippen molar-refractivity contribution in [1.29, 1.82) is 0 Å². The van der Waals surface area contributed by atoms with Crippen molar-refractivity contribution in [2.45, 2.75) is 40.5 Å². The van der Waals surface area contributed by atoms with Gasteiger partial charge in [0.1, 0.15) is 11.4 Å². The Bertz CT molecular complexity index is 734. The molecule has 0 amide bonds. The number of anilines is 1. The number of carboxylic acids is 1. The van der Waals surface area contributed by atoms with Crippen molar-refractivity contribution in [3.05, 3.63) is 47.2 Å². The first-order valence-electron chi connectivity index (χ1n) is 8.49. The van der Waals surface area contributed by atoms with Crippen LogP contribution in [0.3, 0.4) is 0 Å². The minimum Gasteiger partial charge on any atom is -0.478 e. The Morgan fingerprint density at radius 2 is 1.88 bits per heavy atom. The monoisotopic (exact) mass is 326 g/mol. The molecule has 1 heterocycles. The zero-order valence-electron chi connectivity index (χ0n) is 15.1. The third-order valence-corrected chi connectivity index (χ3v) is 4.22. The molecule has 0 saturated carbocycles. The molecule has 0 atom stereocenters. The van der Waals surface area contributed by atoms with Crippen LogP contribution in [0.5, 0.6) is 0 Å². The molecule has 1 aromatic heterocycles. The van der Waals surface area contributed by atoms with Crippen molar-refractivity contribution >= 4 is 11.8 Å². The maximum absolute atomic E-state index is 12.1. The number of aryl methyl sites for hydroxylation is 1. The Morgan fingerprint density at radius 1 is 1.21 bits per heavy atom. The van der Waals surface area contributed by atoms with Crippen LogP contribution >= 0.6 is 0 Å². The highest BCUT2D eigenvalue weighted by atomic mass is 16.4. The number of aromatic nitrogens is 1. The first kappa shape index (κ1) is 18.0. The average molecular weight is 326 g/mol. The van der Waals surface area contributed by atoms with E-state index >= 15 is 0 Å². The number of rotatable bonds is 6. The SMILES string of the molecule is CCN(CC)c1nc(C(C)C)cc(-c2cccc(C)c2)c1C(=O)O. The molecule has 128 valence electrons. The zero-order chi connectivity index (χ0) is 17.9. The van der Waals surface area contributed by atoms with E-state index in [9.17, 15) is 9.90 Å². The highest BCUT2D eigenvalue weighted by molar-refractivity contribution is 6.01. The molecule has 4 nitrogen and oxygen atoms in total. The van der Waals surface area contributed by atoms with Gasteiger partial charge in [-0.3, -0.25) is 0 Å². The lowest BCUT2D eigenvalue weighted by Crippen LogP contribution is -2.26. The van der Waals surface area contributed by atoms with Gasteiger partial charge in [0.25, 0.3) is 0 Å². The van der Waals surface area contributed by atoms with Gasteiger partial charge in [0.05, 0.1) is 0 Å². The second-order valence-electron chi connectivity index (χ2n) is 6.29. The van der Waals surface area contributed by atoms with E-state index in [4.69, 9.17) is 0 Å². The molecule has 0 radical (unpaired) electrons. The fraction of sp³-hybridized carbons (Fsp3) is 0.400. The fourth-order valence-corrected chi connectivity index (χ4v) is 2.85. The molecular weight excluding hydrogens is 300 g/mol. The van der Waals surface area contributed by atoms with Crippen molar-refractivity contribution in [1.82, 2.24) is 4.98 Å². The van der Waals surface area contributed by atoms with Gasteiger partial charge in [-0.1, -0.05) is 43.7 Å². The average Bonchev–Trinajstić information content (AvgIpc) is 2.55. The summed E-state index contributed by atoms with van der Waals surface area (Å²) in [5.41, 5.74) is 3.97. The van der Waals surface area contributed by atoms with E-state index in [1.54, 1.807) is 0 Å². The van der Waals surface area contributed by atoms with Crippen LogP contribution in [0.4, 0.5) is 5.82 Å². The van der Waals surface area contributed by atoms with Crippen molar-refractivity contribution in [3.63, 3.8) is 0 Å². The normalized spacial score (nSPS) is 10.9. The molecule has 0 fully saturated rings. The van der Waals surface area contributed by atoms with Crippen molar-refractivity contribution in [3.8, 4) is 11.1 Å². The van der Waals surface area contributed by atoms with Gasteiger partial charge >= 0.3 is 5.97 Å². The summed E-state index contributed by atoms with van der Waals surface area (Å²) in [6, 6.07) is 9.89. The van der Waals surface area contributed by atoms with E-state index in [1.165, 1.54) is 0 Å². The van der Waals surface area contributed by atoms with Crippen LogP contribution in [-0.2, 0) is 0 Å². The second-order valence-corrected chi connectivity index (χ2v) is 6.29. The number of hydrogen-bond acceptors (Lipinski definition) is 3. The van der Waals surface area contributed by atoms with Gasteiger partial charge < -0.3 is 10.0 Å². The van der Waals surface area contributed by atoms with E-state index in [2.05, 4.69) is 18.8 Å². The summed E-state index contributed by atoms with van der Waals surface area (Å²) in [6.07, 6.45) is 0. The van der Waals surface area contributed by atoms with E-state index in [-0.39, 0.29) is 11.5 Å². The molecule has 2 aromatic rings. The molecule has 0 saturated heterocycles. The summed E-state index contributed by atoms with van der Waals surface area (Å²) < 4.78 is 0. The van der Waals surface area contributed by atoms with E-state index < -0.39 is 5.97 Å². The molecule has 4 heteroatoms. The van der Waals surface area contributed by atoms with Crippen LogP contribution < -0.4 is 4.90 Å². The molecule has 0 spiro atoms. The predicted octanol–water partition coefficient (Wildman–Crippen LogP) is 4.72. The van der Waals surface area contributed by atoms with Gasteiger partial charge in [0.2, 0.25) is 0 Å². The molecule has 0 aliphatic heterocycles. The maximum atomic E-state index is 12.1. The Hall–Kier alpha value is -2.36. The summed E-state index contributed by atoms with van der Waals surface area (Å²) in [5.74, 6) is -0.142. The number of benzene rings is 1. The third-order valence-electron chi connectivity index (χ3n) is 4.22. The van der Waals surface area contributed by atoms with Gasteiger partial charge in [-0.25, -0.2) is 9.78 Å². The second kappa shape index (κ2) is 7.47. The first-order chi connectivity index (χ1) is 11.4. The summed E-state index contributed by atoms with van der Waals surface area (Å²) in [6.45, 7) is 11.6. The lowest BCUT2D eigenvalue weighted by atomic mass is 9.95. The van der Waals surface area contributed by atoms with Gasteiger partial charge in [-0.15, -0.1) is 0 Å². The molecule has 1 aromatic carbocycles. The molecule has 2 rings (SSSR count). The Balaban J connectivity index is 2.82. The number of nitrogens with zero attached hydrogens (tertiary/aromatic N) is 2. The van der Waals surface area contributed by atoms with Crippen LogP contribution in [0.25, 0.3) is 11.1 Å². The van der Waals surface area contributed by atoms with E-state index in [0.29, 0.717) is 5.82 Å². The number of pyridine rings is 1. The molecular formula is C20H26N2O2.